The Hall–Kier alpha value is -1.54. The molecule has 0 atom stereocenters. The number of pyridine rings is 1. The van der Waals surface area contributed by atoms with Crippen LogP contribution in [-0.2, 0) is 6.54 Å². The predicted molar refractivity (Wildman–Crippen MR) is 72.8 cm³/mol. The molecule has 0 fully saturated rings. The van der Waals surface area contributed by atoms with Gasteiger partial charge in [-0.3, -0.25) is 0 Å². The van der Waals surface area contributed by atoms with E-state index in [0.29, 0.717) is 0 Å². The van der Waals surface area contributed by atoms with Gasteiger partial charge in [-0.05, 0) is 24.6 Å². The number of thioether (sulfide) groups is 1. The summed E-state index contributed by atoms with van der Waals surface area (Å²) in [6.07, 6.45) is 4.18. The highest BCUT2D eigenvalue weighted by Gasteiger charge is 2.04. The molecule has 0 spiro atoms. The molecule has 0 saturated heterocycles. The molecule has 2 aromatic rings. The van der Waals surface area contributed by atoms with Gasteiger partial charge in [-0.25, -0.2) is 4.57 Å². The quantitative estimate of drug-likeness (QED) is 0.585. The van der Waals surface area contributed by atoms with E-state index < -0.39 is 0 Å². The third-order valence-corrected chi connectivity index (χ3v) is 3.35. The lowest BCUT2D eigenvalue weighted by Crippen LogP contribution is -2.32. The molecule has 0 aliphatic heterocycles. The van der Waals surface area contributed by atoms with Gasteiger partial charge in [0.15, 0.2) is 18.9 Å². The Morgan fingerprint density at radius 1 is 1.12 bits per heavy atom. The molecule has 1 nitrogen and oxygen atoms in total. The molecular weight excluding hydrogens is 226 g/mol. The molecule has 2 rings (SSSR count). The van der Waals surface area contributed by atoms with E-state index in [4.69, 9.17) is 0 Å². The van der Waals surface area contributed by atoms with Gasteiger partial charge in [0.05, 0.1) is 0 Å². The highest BCUT2D eigenvalue weighted by molar-refractivity contribution is 8.03. The van der Waals surface area contributed by atoms with Gasteiger partial charge in [-0.15, -0.1) is 0 Å². The summed E-state index contributed by atoms with van der Waals surface area (Å²) in [4.78, 5) is 2.38. The van der Waals surface area contributed by atoms with Gasteiger partial charge < -0.3 is 0 Å². The van der Waals surface area contributed by atoms with Crippen LogP contribution in [0.3, 0.4) is 0 Å². The first-order valence-corrected chi connectivity index (χ1v) is 6.42. The first-order chi connectivity index (χ1) is 8.24. The fourth-order valence-corrected chi connectivity index (χ4v) is 2.37. The van der Waals surface area contributed by atoms with Gasteiger partial charge in [0.25, 0.3) is 0 Å². The Bertz CT molecular complexity index is 488. The molecule has 0 radical (unpaired) electrons. The summed E-state index contributed by atoms with van der Waals surface area (Å²) in [6.45, 7) is 7.05. The minimum atomic E-state index is 0.847. The Morgan fingerprint density at radius 2 is 1.76 bits per heavy atom. The van der Waals surface area contributed by atoms with Crippen LogP contribution in [0.15, 0.2) is 71.2 Å². The van der Waals surface area contributed by atoms with E-state index in [1.165, 1.54) is 10.5 Å². The van der Waals surface area contributed by atoms with E-state index >= 15 is 0 Å². The zero-order valence-corrected chi connectivity index (χ0v) is 10.8. The third-order valence-electron chi connectivity index (χ3n) is 2.42. The van der Waals surface area contributed by atoms with Gasteiger partial charge in [-0.2, -0.15) is 0 Å². The summed E-state index contributed by atoms with van der Waals surface area (Å²) >= 11 is 1.73. The van der Waals surface area contributed by atoms with E-state index in [2.05, 4.69) is 66.9 Å². The van der Waals surface area contributed by atoms with E-state index in [-0.39, 0.29) is 0 Å². The summed E-state index contributed by atoms with van der Waals surface area (Å²) in [6, 6.07) is 14.6. The predicted octanol–water partition coefficient (Wildman–Crippen LogP) is 3.59. The molecule has 0 unspecified atom stereocenters. The second kappa shape index (κ2) is 5.69. The Kier molecular flexibility index (Phi) is 3.99. The summed E-state index contributed by atoms with van der Waals surface area (Å²) in [5.41, 5.74) is 1.28. The molecule has 0 aliphatic rings. The van der Waals surface area contributed by atoms with E-state index in [0.717, 1.165) is 11.4 Å². The maximum atomic E-state index is 4.11. The van der Waals surface area contributed by atoms with Crippen molar-refractivity contribution in [3.63, 3.8) is 0 Å². The zero-order chi connectivity index (χ0) is 12.1. The maximum absolute atomic E-state index is 4.11. The Morgan fingerprint density at radius 3 is 2.41 bits per heavy atom. The lowest BCUT2D eigenvalue weighted by molar-refractivity contribution is -0.687. The first-order valence-electron chi connectivity index (χ1n) is 5.60. The van der Waals surface area contributed by atoms with Crippen LogP contribution in [0.5, 0.6) is 0 Å². The molecular formula is C15H16NS+. The molecule has 2 heteroatoms. The lowest BCUT2D eigenvalue weighted by atomic mass is 10.3. The number of allylic oxidation sites excluding steroid dienone is 1. The van der Waals surface area contributed by atoms with Crippen molar-refractivity contribution in [1.29, 1.82) is 0 Å². The van der Waals surface area contributed by atoms with Gasteiger partial charge in [-0.1, -0.05) is 36.5 Å². The minimum absolute atomic E-state index is 0.847. The minimum Gasteiger partial charge on any atom is -0.200 e. The van der Waals surface area contributed by atoms with Crippen LogP contribution in [-0.4, -0.2) is 0 Å². The fraction of sp³-hybridized carbons (Fsp3) is 0.133. The second-order valence-electron chi connectivity index (χ2n) is 4.00. The molecule has 0 bridgehead atoms. The molecule has 1 aromatic carbocycles. The standard InChI is InChI=1S/C15H16NS/c1-13-8-10-16(11-9-13)12-14(2)17-15-6-4-3-5-7-15/h3-11H,2,12H2,1H3/q+1. The van der Waals surface area contributed by atoms with Gasteiger partial charge in [0.1, 0.15) is 0 Å². The zero-order valence-electron chi connectivity index (χ0n) is 9.97. The second-order valence-corrected chi connectivity index (χ2v) is 5.25. The topological polar surface area (TPSA) is 3.88 Å². The Balaban J connectivity index is 1.96. The van der Waals surface area contributed by atoms with Crippen LogP contribution >= 0.6 is 11.8 Å². The van der Waals surface area contributed by atoms with Crippen LogP contribution in [0.1, 0.15) is 5.56 Å². The van der Waals surface area contributed by atoms with Crippen molar-refractivity contribution in [2.45, 2.75) is 18.4 Å². The van der Waals surface area contributed by atoms with Gasteiger partial charge >= 0.3 is 0 Å². The third kappa shape index (κ3) is 3.75. The number of nitrogens with zero attached hydrogens (tertiary/aromatic N) is 1. The van der Waals surface area contributed by atoms with Crippen molar-refractivity contribution in [2.24, 2.45) is 0 Å². The lowest BCUT2D eigenvalue weighted by Gasteiger charge is -2.02. The van der Waals surface area contributed by atoms with Crippen LogP contribution in [0.4, 0.5) is 0 Å². The summed E-state index contributed by atoms with van der Waals surface area (Å²) < 4.78 is 2.14. The molecule has 86 valence electrons. The molecule has 1 heterocycles. The average molecular weight is 242 g/mol. The SMILES string of the molecule is C=C(C[n+]1ccc(C)cc1)Sc1ccccc1. The van der Waals surface area contributed by atoms with Crippen molar-refractivity contribution in [2.75, 3.05) is 0 Å². The molecule has 0 amide bonds. The van der Waals surface area contributed by atoms with Gasteiger partial charge in [0, 0.05) is 21.9 Å². The Labute approximate surface area is 107 Å². The normalized spacial score (nSPS) is 10.2. The van der Waals surface area contributed by atoms with E-state index in [9.17, 15) is 0 Å². The fourth-order valence-electron chi connectivity index (χ4n) is 1.53. The number of aryl methyl sites for hydroxylation is 1. The van der Waals surface area contributed by atoms with Crippen molar-refractivity contribution in [1.82, 2.24) is 0 Å². The highest BCUT2D eigenvalue weighted by atomic mass is 32.2. The first kappa shape index (κ1) is 11.9. The van der Waals surface area contributed by atoms with Crippen LogP contribution in [0, 0.1) is 6.92 Å². The van der Waals surface area contributed by atoms with Crippen LogP contribution in [0.2, 0.25) is 0 Å². The smallest absolute Gasteiger partial charge is 0.179 e. The molecule has 17 heavy (non-hydrogen) atoms. The van der Waals surface area contributed by atoms with Crippen molar-refractivity contribution >= 4 is 11.8 Å². The average Bonchev–Trinajstić information content (AvgIpc) is 2.33. The number of hydrogen-bond acceptors (Lipinski definition) is 1. The van der Waals surface area contributed by atoms with Crippen molar-refractivity contribution < 1.29 is 4.57 Å². The maximum Gasteiger partial charge on any atom is 0.179 e. The van der Waals surface area contributed by atoms with Crippen molar-refractivity contribution in [3.8, 4) is 0 Å². The largest absolute Gasteiger partial charge is 0.200 e. The monoisotopic (exact) mass is 242 g/mol. The summed E-state index contributed by atoms with van der Waals surface area (Å²) in [5, 5.41) is 0. The number of aromatic nitrogens is 1. The van der Waals surface area contributed by atoms with Crippen molar-refractivity contribution in [3.05, 3.63) is 71.9 Å². The molecule has 0 N–H and O–H groups in total. The molecule has 1 aromatic heterocycles. The highest BCUT2D eigenvalue weighted by Crippen LogP contribution is 2.24. The van der Waals surface area contributed by atoms with E-state index in [1.54, 1.807) is 11.8 Å². The van der Waals surface area contributed by atoms with Crippen LogP contribution < -0.4 is 4.57 Å². The number of hydrogen-bond donors (Lipinski definition) is 0. The number of rotatable bonds is 4. The van der Waals surface area contributed by atoms with E-state index in [1.807, 2.05) is 6.07 Å². The van der Waals surface area contributed by atoms with Crippen LogP contribution in [0.25, 0.3) is 0 Å². The molecule has 0 aliphatic carbocycles. The summed E-state index contributed by atoms with van der Waals surface area (Å²) in [7, 11) is 0. The summed E-state index contributed by atoms with van der Waals surface area (Å²) in [5.74, 6) is 0. The number of benzene rings is 1. The molecule has 0 saturated carbocycles. The van der Waals surface area contributed by atoms with Gasteiger partial charge in [0.2, 0.25) is 0 Å².